The fourth-order valence-electron chi connectivity index (χ4n) is 2.97. The maximum atomic E-state index is 12.0. The summed E-state index contributed by atoms with van der Waals surface area (Å²) in [4.78, 5) is 12.0. The third-order valence-electron chi connectivity index (χ3n) is 4.06. The Morgan fingerprint density at radius 2 is 2.11 bits per heavy atom. The van der Waals surface area contributed by atoms with Crippen LogP contribution >= 0.6 is 12.4 Å². The van der Waals surface area contributed by atoms with Gasteiger partial charge < -0.3 is 10.6 Å². The van der Waals surface area contributed by atoms with Gasteiger partial charge in [0.1, 0.15) is 0 Å². The highest BCUT2D eigenvalue weighted by molar-refractivity contribution is 5.85. The van der Waals surface area contributed by atoms with Crippen LogP contribution in [-0.2, 0) is 4.79 Å². The first-order valence-corrected chi connectivity index (χ1v) is 7.12. The first kappa shape index (κ1) is 15.8. The lowest BCUT2D eigenvalue weighted by Crippen LogP contribution is -2.47. The van der Waals surface area contributed by atoms with Gasteiger partial charge in [0.15, 0.2) is 0 Å². The molecule has 0 aromatic carbocycles. The van der Waals surface area contributed by atoms with Crippen molar-refractivity contribution >= 4 is 18.3 Å². The van der Waals surface area contributed by atoms with Gasteiger partial charge in [0.05, 0.1) is 6.04 Å². The highest BCUT2D eigenvalue weighted by Gasteiger charge is 2.43. The molecule has 2 aliphatic rings. The van der Waals surface area contributed by atoms with E-state index in [0.29, 0.717) is 5.41 Å². The van der Waals surface area contributed by atoms with Crippen LogP contribution in [0.25, 0.3) is 0 Å². The van der Waals surface area contributed by atoms with E-state index in [2.05, 4.69) is 24.5 Å². The number of piperidine rings is 1. The monoisotopic (exact) mass is 274 g/mol. The minimum Gasteiger partial charge on any atom is -0.354 e. The third kappa shape index (κ3) is 4.43. The minimum absolute atomic E-state index is 0. The molecule has 18 heavy (non-hydrogen) atoms. The van der Waals surface area contributed by atoms with Crippen LogP contribution in [0.15, 0.2) is 0 Å². The number of nitrogens with one attached hydrogen (secondary N) is 2. The molecule has 1 aliphatic carbocycles. The first-order chi connectivity index (χ1) is 8.11. The maximum absolute atomic E-state index is 12.0. The fraction of sp³-hybridized carbons (Fsp3) is 0.929. The second kappa shape index (κ2) is 6.76. The topological polar surface area (TPSA) is 41.1 Å². The van der Waals surface area contributed by atoms with Crippen molar-refractivity contribution in [1.82, 2.24) is 10.6 Å². The Balaban J connectivity index is 0.00000162. The van der Waals surface area contributed by atoms with Gasteiger partial charge in [-0.2, -0.15) is 0 Å². The zero-order chi connectivity index (χ0) is 12.3. The van der Waals surface area contributed by atoms with Crippen molar-refractivity contribution in [3.63, 3.8) is 0 Å². The molecule has 0 bridgehead atoms. The quantitative estimate of drug-likeness (QED) is 0.809. The van der Waals surface area contributed by atoms with Crippen molar-refractivity contribution in [1.29, 1.82) is 0 Å². The molecule has 1 amide bonds. The molecule has 2 fully saturated rings. The van der Waals surface area contributed by atoms with Crippen molar-refractivity contribution in [2.24, 2.45) is 11.3 Å². The summed E-state index contributed by atoms with van der Waals surface area (Å²) in [5, 5.41) is 6.46. The molecule has 0 aromatic heterocycles. The van der Waals surface area contributed by atoms with Crippen LogP contribution in [0.2, 0.25) is 0 Å². The zero-order valence-corrected chi connectivity index (χ0v) is 12.4. The summed E-state index contributed by atoms with van der Waals surface area (Å²) in [6.07, 6.45) is 7.24. The number of rotatable bonds is 5. The molecule has 106 valence electrons. The van der Waals surface area contributed by atoms with Crippen LogP contribution in [0.3, 0.4) is 0 Å². The molecule has 2 N–H and O–H groups in total. The summed E-state index contributed by atoms with van der Waals surface area (Å²) in [6, 6.07) is 0.0681. The van der Waals surface area contributed by atoms with E-state index < -0.39 is 0 Å². The van der Waals surface area contributed by atoms with E-state index in [9.17, 15) is 4.79 Å². The Morgan fingerprint density at radius 1 is 1.39 bits per heavy atom. The number of halogens is 1. The van der Waals surface area contributed by atoms with Crippen LogP contribution in [0.5, 0.6) is 0 Å². The zero-order valence-electron chi connectivity index (χ0n) is 11.6. The van der Waals surface area contributed by atoms with Gasteiger partial charge in [0.2, 0.25) is 5.91 Å². The van der Waals surface area contributed by atoms with E-state index in [1.54, 1.807) is 0 Å². The van der Waals surface area contributed by atoms with Gasteiger partial charge in [-0.05, 0) is 50.0 Å². The largest absolute Gasteiger partial charge is 0.354 e. The Bertz CT molecular complexity index is 271. The van der Waals surface area contributed by atoms with E-state index in [1.807, 2.05) is 0 Å². The SMILES string of the molecule is CC(C)CC1(CNC(=O)C2CCCCN2)CC1.Cl. The van der Waals surface area contributed by atoms with Crippen molar-refractivity contribution in [2.75, 3.05) is 13.1 Å². The van der Waals surface area contributed by atoms with Crippen LogP contribution in [0.1, 0.15) is 52.4 Å². The first-order valence-electron chi connectivity index (χ1n) is 7.12. The number of amides is 1. The molecular formula is C14H27ClN2O. The predicted molar refractivity (Wildman–Crippen MR) is 77.0 cm³/mol. The summed E-state index contributed by atoms with van der Waals surface area (Å²) < 4.78 is 0. The Labute approximate surface area is 117 Å². The second-order valence-electron chi connectivity index (χ2n) is 6.32. The number of carbonyl (C=O) groups is 1. The fourth-order valence-corrected chi connectivity index (χ4v) is 2.97. The normalized spacial score (nSPS) is 25.4. The summed E-state index contributed by atoms with van der Waals surface area (Å²) in [5.41, 5.74) is 0.443. The average Bonchev–Trinajstić information content (AvgIpc) is 3.06. The van der Waals surface area contributed by atoms with Gasteiger partial charge in [-0.3, -0.25) is 4.79 Å². The highest BCUT2D eigenvalue weighted by atomic mass is 35.5. The molecule has 0 aromatic rings. The molecule has 0 radical (unpaired) electrons. The lowest BCUT2D eigenvalue weighted by atomic mass is 9.94. The second-order valence-corrected chi connectivity index (χ2v) is 6.32. The van der Waals surface area contributed by atoms with Crippen molar-refractivity contribution in [3.8, 4) is 0 Å². The molecule has 1 unspecified atom stereocenters. The number of carbonyl (C=O) groups excluding carboxylic acids is 1. The van der Waals surface area contributed by atoms with Crippen LogP contribution in [0, 0.1) is 11.3 Å². The van der Waals surface area contributed by atoms with E-state index in [4.69, 9.17) is 0 Å². The summed E-state index contributed by atoms with van der Waals surface area (Å²) >= 11 is 0. The van der Waals surface area contributed by atoms with E-state index in [-0.39, 0.29) is 24.4 Å². The average molecular weight is 275 g/mol. The van der Waals surface area contributed by atoms with E-state index >= 15 is 0 Å². The van der Waals surface area contributed by atoms with Crippen molar-refractivity contribution < 1.29 is 4.79 Å². The maximum Gasteiger partial charge on any atom is 0.237 e. The number of hydrogen-bond donors (Lipinski definition) is 2. The van der Waals surface area contributed by atoms with Gasteiger partial charge in [0, 0.05) is 6.54 Å². The van der Waals surface area contributed by atoms with Gasteiger partial charge in [-0.1, -0.05) is 20.3 Å². The lowest BCUT2D eigenvalue weighted by molar-refractivity contribution is -0.123. The molecule has 1 saturated heterocycles. The molecule has 1 atom stereocenters. The van der Waals surface area contributed by atoms with Crippen LogP contribution in [0.4, 0.5) is 0 Å². The molecule has 1 saturated carbocycles. The Hall–Kier alpha value is -0.280. The standard InChI is InChI=1S/C14H26N2O.ClH/c1-11(2)9-14(6-7-14)10-16-13(17)12-5-3-4-8-15-12;/h11-12,15H,3-10H2,1-2H3,(H,16,17);1H. The molecular weight excluding hydrogens is 248 g/mol. The molecule has 0 spiro atoms. The van der Waals surface area contributed by atoms with E-state index in [1.165, 1.54) is 32.1 Å². The summed E-state index contributed by atoms with van der Waals surface area (Å²) in [7, 11) is 0. The molecule has 2 rings (SSSR count). The van der Waals surface area contributed by atoms with Gasteiger partial charge in [-0.25, -0.2) is 0 Å². The van der Waals surface area contributed by atoms with Crippen molar-refractivity contribution in [2.45, 2.75) is 58.4 Å². The summed E-state index contributed by atoms with van der Waals surface area (Å²) in [6.45, 7) is 6.42. The van der Waals surface area contributed by atoms with Gasteiger partial charge >= 0.3 is 0 Å². The highest BCUT2D eigenvalue weighted by Crippen LogP contribution is 2.49. The molecule has 4 heteroatoms. The Morgan fingerprint density at radius 3 is 2.61 bits per heavy atom. The predicted octanol–water partition coefficient (Wildman–Crippen LogP) is 2.49. The molecule has 1 heterocycles. The van der Waals surface area contributed by atoms with Gasteiger partial charge in [-0.15, -0.1) is 12.4 Å². The van der Waals surface area contributed by atoms with Crippen LogP contribution < -0.4 is 10.6 Å². The number of hydrogen-bond acceptors (Lipinski definition) is 2. The summed E-state index contributed by atoms with van der Waals surface area (Å²) in [5.74, 6) is 0.960. The van der Waals surface area contributed by atoms with E-state index in [0.717, 1.165) is 25.4 Å². The van der Waals surface area contributed by atoms with Crippen LogP contribution in [-0.4, -0.2) is 25.0 Å². The molecule has 3 nitrogen and oxygen atoms in total. The molecule has 1 aliphatic heterocycles. The van der Waals surface area contributed by atoms with Crippen molar-refractivity contribution in [3.05, 3.63) is 0 Å². The van der Waals surface area contributed by atoms with Gasteiger partial charge in [0.25, 0.3) is 0 Å². The minimum atomic E-state index is 0. The lowest BCUT2D eigenvalue weighted by Gasteiger charge is -2.24. The smallest absolute Gasteiger partial charge is 0.237 e. The third-order valence-corrected chi connectivity index (χ3v) is 4.06. The Kier molecular flexibility index (Phi) is 5.93.